The van der Waals surface area contributed by atoms with Gasteiger partial charge in [0.2, 0.25) is 10.0 Å². The highest BCUT2D eigenvalue weighted by Crippen LogP contribution is 2.23. The smallest absolute Gasteiger partial charge is 0.215 e. The van der Waals surface area contributed by atoms with Crippen LogP contribution in [0.15, 0.2) is 12.1 Å². The van der Waals surface area contributed by atoms with Gasteiger partial charge in [0.25, 0.3) is 0 Å². The number of benzene rings is 1. The third-order valence-corrected chi connectivity index (χ3v) is 7.12. The maximum Gasteiger partial charge on any atom is 0.215 e. The molecular formula is C20H25ClFNO6S. The van der Waals surface area contributed by atoms with Crippen molar-refractivity contribution in [1.29, 1.82) is 0 Å². The highest BCUT2D eigenvalue weighted by Gasteiger charge is 2.28. The standard InChI is InChI=1S/C20H25ClFNO6S/c1-2-14(24)4-3-5-18(25)13-10-16(20(22)17(21)11-13)19(26)12-23-30(27,28)15-6-8-29-9-7-15/h10-11,15,23H,2-9,12H2,1H3. The van der Waals surface area contributed by atoms with Gasteiger partial charge in [-0.3, -0.25) is 14.4 Å². The molecule has 7 nitrogen and oxygen atoms in total. The maximum absolute atomic E-state index is 14.4. The fourth-order valence-electron chi connectivity index (χ4n) is 3.09. The molecule has 1 aromatic carbocycles. The summed E-state index contributed by atoms with van der Waals surface area (Å²) < 4.78 is 46.4. The first kappa shape index (κ1) is 24.6. The second-order valence-corrected chi connectivity index (χ2v) is 9.54. The fraction of sp³-hybridized carbons (Fsp3) is 0.550. The minimum absolute atomic E-state index is 0.0348. The van der Waals surface area contributed by atoms with Gasteiger partial charge in [-0.2, -0.15) is 0 Å². The van der Waals surface area contributed by atoms with Gasteiger partial charge in [0, 0.05) is 38.0 Å². The second-order valence-electron chi connectivity index (χ2n) is 7.09. The summed E-state index contributed by atoms with van der Waals surface area (Å²) in [5.74, 6) is -2.18. The first-order chi connectivity index (χ1) is 14.2. The molecule has 0 aliphatic carbocycles. The van der Waals surface area contributed by atoms with Crippen molar-refractivity contribution in [2.75, 3.05) is 19.8 Å². The molecule has 166 valence electrons. The van der Waals surface area contributed by atoms with Gasteiger partial charge in [-0.25, -0.2) is 17.5 Å². The lowest BCUT2D eigenvalue weighted by atomic mass is 10.00. The second kappa shape index (κ2) is 11.1. The fourth-order valence-corrected chi connectivity index (χ4v) is 4.69. The van der Waals surface area contributed by atoms with E-state index in [9.17, 15) is 27.2 Å². The summed E-state index contributed by atoms with van der Waals surface area (Å²) in [7, 11) is -3.76. The first-order valence-corrected chi connectivity index (χ1v) is 11.7. The first-order valence-electron chi connectivity index (χ1n) is 9.79. The summed E-state index contributed by atoms with van der Waals surface area (Å²) in [6.07, 6.45) is 1.67. The van der Waals surface area contributed by atoms with Crippen LogP contribution in [0, 0.1) is 5.82 Å². The Morgan fingerprint density at radius 2 is 1.83 bits per heavy atom. The van der Waals surface area contributed by atoms with E-state index in [-0.39, 0.29) is 30.0 Å². The van der Waals surface area contributed by atoms with E-state index in [2.05, 4.69) is 4.72 Å². The largest absolute Gasteiger partial charge is 0.381 e. The van der Waals surface area contributed by atoms with E-state index < -0.39 is 44.0 Å². The predicted molar refractivity (Wildman–Crippen MR) is 110 cm³/mol. The molecule has 1 heterocycles. The van der Waals surface area contributed by atoms with Crippen LogP contribution in [-0.2, 0) is 19.6 Å². The van der Waals surface area contributed by atoms with Crippen LogP contribution in [0.1, 0.15) is 66.2 Å². The number of nitrogens with one attached hydrogen (secondary N) is 1. The zero-order valence-corrected chi connectivity index (χ0v) is 18.3. The van der Waals surface area contributed by atoms with Crippen LogP contribution >= 0.6 is 11.6 Å². The number of rotatable bonds is 11. The number of hydrogen-bond donors (Lipinski definition) is 1. The Morgan fingerprint density at radius 3 is 2.47 bits per heavy atom. The molecule has 10 heteroatoms. The Bertz CT molecular complexity index is 912. The van der Waals surface area contributed by atoms with Gasteiger partial charge in [-0.1, -0.05) is 18.5 Å². The van der Waals surface area contributed by atoms with Crippen molar-refractivity contribution in [2.45, 2.75) is 50.7 Å². The van der Waals surface area contributed by atoms with E-state index in [1.807, 2.05) is 0 Å². The van der Waals surface area contributed by atoms with Crippen LogP contribution in [0.5, 0.6) is 0 Å². The minimum atomic E-state index is -3.76. The molecule has 1 aliphatic rings. The molecule has 0 atom stereocenters. The van der Waals surface area contributed by atoms with Gasteiger partial charge in [0.1, 0.15) is 5.78 Å². The Labute approximate surface area is 180 Å². The van der Waals surface area contributed by atoms with Crippen LogP contribution in [0.25, 0.3) is 0 Å². The van der Waals surface area contributed by atoms with Crippen LogP contribution in [0.2, 0.25) is 5.02 Å². The van der Waals surface area contributed by atoms with Crippen molar-refractivity contribution in [1.82, 2.24) is 4.72 Å². The molecule has 0 amide bonds. The number of ether oxygens (including phenoxy) is 1. The highest BCUT2D eigenvalue weighted by atomic mass is 35.5. The van der Waals surface area contributed by atoms with Gasteiger partial charge in [0.05, 0.1) is 22.4 Å². The molecule has 1 aromatic rings. The van der Waals surface area contributed by atoms with Gasteiger partial charge in [-0.05, 0) is 31.4 Å². The summed E-state index contributed by atoms with van der Waals surface area (Å²) >= 11 is 5.84. The molecule has 1 aliphatic heterocycles. The lowest BCUT2D eigenvalue weighted by molar-refractivity contribution is -0.118. The number of sulfonamides is 1. The zero-order chi connectivity index (χ0) is 22.3. The van der Waals surface area contributed by atoms with Crippen LogP contribution in [0.3, 0.4) is 0 Å². The Kier molecular flexibility index (Phi) is 9.09. The van der Waals surface area contributed by atoms with E-state index in [0.29, 0.717) is 38.9 Å². The third kappa shape index (κ3) is 6.66. The number of Topliss-reactive ketones (excluding diaryl/α,β-unsaturated/α-hetero) is 3. The summed E-state index contributed by atoms with van der Waals surface area (Å²) in [4.78, 5) is 36.2. The van der Waals surface area contributed by atoms with Crippen molar-refractivity contribution in [3.63, 3.8) is 0 Å². The molecule has 2 rings (SSSR count). The Morgan fingerprint density at radius 1 is 1.17 bits per heavy atom. The summed E-state index contributed by atoms with van der Waals surface area (Å²) in [5.41, 5.74) is -0.411. The SMILES string of the molecule is CCC(=O)CCCC(=O)c1cc(Cl)c(F)c(C(=O)CNS(=O)(=O)C2CCOCC2)c1. The molecular weight excluding hydrogens is 437 g/mol. The molecule has 0 spiro atoms. The summed E-state index contributed by atoms with van der Waals surface area (Å²) in [6, 6.07) is 2.21. The Balaban J connectivity index is 2.07. The van der Waals surface area contributed by atoms with E-state index >= 15 is 0 Å². The topological polar surface area (TPSA) is 107 Å². The third-order valence-electron chi connectivity index (χ3n) is 4.95. The number of carbonyl (C=O) groups excluding carboxylic acids is 3. The van der Waals surface area contributed by atoms with Gasteiger partial charge < -0.3 is 4.74 Å². The number of ketones is 3. The van der Waals surface area contributed by atoms with E-state index in [1.165, 1.54) is 0 Å². The van der Waals surface area contributed by atoms with Crippen molar-refractivity contribution in [2.24, 2.45) is 0 Å². The van der Waals surface area contributed by atoms with E-state index in [1.54, 1.807) is 6.92 Å². The van der Waals surface area contributed by atoms with Gasteiger partial charge in [0.15, 0.2) is 17.4 Å². The number of carbonyl (C=O) groups is 3. The lowest BCUT2D eigenvalue weighted by Gasteiger charge is -2.22. The minimum Gasteiger partial charge on any atom is -0.381 e. The van der Waals surface area contributed by atoms with E-state index in [0.717, 1.165) is 12.1 Å². The van der Waals surface area contributed by atoms with Crippen LogP contribution < -0.4 is 4.72 Å². The van der Waals surface area contributed by atoms with Gasteiger partial charge in [-0.15, -0.1) is 0 Å². The normalized spacial score (nSPS) is 15.2. The van der Waals surface area contributed by atoms with Crippen molar-refractivity contribution >= 4 is 39.0 Å². The van der Waals surface area contributed by atoms with Gasteiger partial charge >= 0.3 is 0 Å². The lowest BCUT2D eigenvalue weighted by Crippen LogP contribution is -2.40. The number of hydrogen-bond acceptors (Lipinski definition) is 6. The molecule has 0 saturated carbocycles. The average molecular weight is 462 g/mol. The molecule has 1 N–H and O–H groups in total. The van der Waals surface area contributed by atoms with Crippen molar-refractivity contribution < 1.29 is 31.9 Å². The molecule has 0 radical (unpaired) electrons. The highest BCUT2D eigenvalue weighted by molar-refractivity contribution is 7.90. The molecule has 1 fully saturated rings. The summed E-state index contributed by atoms with van der Waals surface area (Å²) in [5, 5.41) is -1.08. The average Bonchev–Trinajstić information content (AvgIpc) is 2.74. The summed E-state index contributed by atoms with van der Waals surface area (Å²) in [6.45, 7) is 1.73. The quantitative estimate of drug-likeness (QED) is 0.507. The monoisotopic (exact) mass is 461 g/mol. The van der Waals surface area contributed by atoms with Crippen molar-refractivity contribution in [3.8, 4) is 0 Å². The maximum atomic E-state index is 14.4. The molecule has 0 aromatic heterocycles. The molecule has 30 heavy (non-hydrogen) atoms. The molecule has 0 unspecified atom stereocenters. The molecule has 1 saturated heterocycles. The zero-order valence-electron chi connectivity index (χ0n) is 16.7. The Hall–Kier alpha value is -1.68. The number of halogens is 2. The molecule has 0 bridgehead atoms. The van der Waals surface area contributed by atoms with E-state index in [4.69, 9.17) is 16.3 Å². The van der Waals surface area contributed by atoms with Crippen LogP contribution in [-0.4, -0.2) is 50.8 Å². The van der Waals surface area contributed by atoms with Crippen LogP contribution in [0.4, 0.5) is 4.39 Å². The van der Waals surface area contributed by atoms with Crippen molar-refractivity contribution in [3.05, 3.63) is 34.1 Å². The predicted octanol–water partition coefficient (Wildman–Crippen LogP) is 3.09.